The highest BCUT2D eigenvalue weighted by Crippen LogP contribution is 2.15. The van der Waals surface area contributed by atoms with E-state index < -0.39 is 12.1 Å². The molecule has 0 aliphatic heterocycles. The van der Waals surface area contributed by atoms with E-state index in [2.05, 4.69) is 27.9 Å². The zero-order valence-corrected chi connectivity index (χ0v) is 15.3. The average Bonchev–Trinajstić information content (AvgIpc) is 2.54. The Morgan fingerprint density at radius 1 is 1.17 bits per heavy atom. The molecule has 6 heteroatoms. The van der Waals surface area contributed by atoms with Crippen molar-refractivity contribution in [2.45, 2.75) is 19.6 Å². The minimum absolute atomic E-state index is 0.281. The molecule has 0 saturated carbocycles. The van der Waals surface area contributed by atoms with Crippen molar-refractivity contribution in [3.8, 4) is 0 Å². The first-order chi connectivity index (χ1) is 11.0. The first-order valence-electron chi connectivity index (χ1n) is 6.95. The lowest BCUT2D eigenvalue weighted by Crippen LogP contribution is -2.35. The van der Waals surface area contributed by atoms with Crippen LogP contribution in [0.1, 0.15) is 22.8 Å². The number of amides is 1. The van der Waals surface area contributed by atoms with Crippen molar-refractivity contribution in [2.75, 3.05) is 0 Å². The molecule has 0 spiro atoms. The third kappa shape index (κ3) is 4.94. The standard InChI is InChI=1S/C17H15ClINO3/c1-11(23-17(22)13-7-3-5-9-15(13)19)16(21)20-10-12-6-2-4-8-14(12)18/h2-9,11H,10H2,1H3,(H,20,21). The fourth-order valence-corrected chi connectivity index (χ4v) is 2.68. The Balaban J connectivity index is 1.91. The molecule has 0 aromatic heterocycles. The largest absolute Gasteiger partial charge is 0.449 e. The highest BCUT2D eigenvalue weighted by Gasteiger charge is 2.20. The van der Waals surface area contributed by atoms with Gasteiger partial charge in [0.15, 0.2) is 6.10 Å². The second-order valence-corrected chi connectivity index (χ2v) is 6.41. The molecule has 1 atom stereocenters. The minimum atomic E-state index is -0.888. The third-order valence-electron chi connectivity index (χ3n) is 3.16. The maximum atomic E-state index is 12.1. The summed E-state index contributed by atoms with van der Waals surface area (Å²) >= 11 is 8.08. The molecule has 0 aliphatic carbocycles. The highest BCUT2D eigenvalue weighted by molar-refractivity contribution is 14.1. The molecule has 0 saturated heterocycles. The van der Waals surface area contributed by atoms with Gasteiger partial charge in [0.25, 0.3) is 5.91 Å². The van der Waals surface area contributed by atoms with Crippen LogP contribution in [0.2, 0.25) is 5.02 Å². The molecule has 23 heavy (non-hydrogen) atoms. The Morgan fingerprint density at radius 2 is 1.83 bits per heavy atom. The van der Waals surface area contributed by atoms with Crippen molar-refractivity contribution in [3.05, 3.63) is 68.3 Å². The van der Waals surface area contributed by atoms with Crippen molar-refractivity contribution in [3.63, 3.8) is 0 Å². The number of nitrogens with one attached hydrogen (secondary N) is 1. The summed E-state index contributed by atoms with van der Waals surface area (Å²) in [4.78, 5) is 24.1. The molecule has 0 fully saturated rings. The number of carbonyl (C=O) groups is 2. The van der Waals surface area contributed by atoms with Crippen molar-refractivity contribution in [1.82, 2.24) is 5.32 Å². The van der Waals surface area contributed by atoms with Crippen LogP contribution < -0.4 is 5.32 Å². The van der Waals surface area contributed by atoms with Gasteiger partial charge in [0.2, 0.25) is 0 Å². The van der Waals surface area contributed by atoms with Gasteiger partial charge in [0, 0.05) is 15.1 Å². The summed E-state index contributed by atoms with van der Waals surface area (Å²) in [7, 11) is 0. The van der Waals surface area contributed by atoms with E-state index in [-0.39, 0.29) is 12.5 Å². The van der Waals surface area contributed by atoms with Gasteiger partial charge in [-0.2, -0.15) is 0 Å². The molecule has 1 N–H and O–H groups in total. The van der Waals surface area contributed by atoms with Crippen LogP contribution in [-0.4, -0.2) is 18.0 Å². The van der Waals surface area contributed by atoms with E-state index in [0.29, 0.717) is 10.6 Å². The normalized spacial score (nSPS) is 11.6. The van der Waals surface area contributed by atoms with Crippen molar-refractivity contribution in [2.24, 2.45) is 0 Å². The molecule has 1 unspecified atom stereocenters. The summed E-state index contributed by atoms with van der Waals surface area (Å²) in [5, 5.41) is 3.29. The van der Waals surface area contributed by atoms with Gasteiger partial charge in [0.1, 0.15) is 0 Å². The monoisotopic (exact) mass is 443 g/mol. The Kier molecular flexibility index (Phi) is 6.41. The van der Waals surface area contributed by atoms with Gasteiger partial charge in [-0.25, -0.2) is 4.79 Å². The summed E-state index contributed by atoms with van der Waals surface area (Å²) in [6.07, 6.45) is -0.888. The number of hydrogen-bond acceptors (Lipinski definition) is 3. The molecular formula is C17H15ClINO3. The molecular weight excluding hydrogens is 429 g/mol. The van der Waals surface area contributed by atoms with Crippen LogP contribution >= 0.6 is 34.2 Å². The van der Waals surface area contributed by atoms with Gasteiger partial charge >= 0.3 is 5.97 Å². The van der Waals surface area contributed by atoms with Crippen LogP contribution in [0, 0.1) is 3.57 Å². The van der Waals surface area contributed by atoms with Crippen LogP contribution in [0.25, 0.3) is 0 Å². The van der Waals surface area contributed by atoms with Gasteiger partial charge in [-0.15, -0.1) is 0 Å². The number of carbonyl (C=O) groups excluding carboxylic acids is 2. The Morgan fingerprint density at radius 3 is 2.52 bits per heavy atom. The molecule has 0 heterocycles. The minimum Gasteiger partial charge on any atom is -0.449 e. The van der Waals surface area contributed by atoms with E-state index in [1.54, 1.807) is 24.3 Å². The predicted molar refractivity (Wildman–Crippen MR) is 97.3 cm³/mol. The van der Waals surface area contributed by atoms with Gasteiger partial charge in [-0.3, -0.25) is 4.79 Å². The summed E-state index contributed by atoms with van der Waals surface area (Å²) in [5.74, 6) is -0.889. The zero-order chi connectivity index (χ0) is 16.8. The number of rotatable bonds is 5. The lowest BCUT2D eigenvalue weighted by Gasteiger charge is -2.14. The Labute approximate surface area is 153 Å². The summed E-state index contributed by atoms with van der Waals surface area (Å²) in [6.45, 7) is 1.82. The van der Waals surface area contributed by atoms with E-state index in [9.17, 15) is 9.59 Å². The molecule has 4 nitrogen and oxygen atoms in total. The molecule has 120 valence electrons. The van der Waals surface area contributed by atoms with Gasteiger partial charge in [-0.05, 0) is 53.3 Å². The van der Waals surface area contributed by atoms with Gasteiger partial charge < -0.3 is 10.1 Å². The van der Waals surface area contributed by atoms with Crippen molar-refractivity contribution in [1.29, 1.82) is 0 Å². The Hall–Kier alpha value is -1.60. The number of benzene rings is 2. The number of ether oxygens (including phenoxy) is 1. The molecule has 2 rings (SSSR count). The topological polar surface area (TPSA) is 55.4 Å². The maximum Gasteiger partial charge on any atom is 0.339 e. The fourth-order valence-electron chi connectivity index (χ4n) is 1.87. The lowest BCUT2D eigenvalue weighted by atomic mass is 10.2. The third-order valence-corrected chi connectivity index (χ3v) is 4.47. The van der Waals surface area contributed by atoms with Crippen LogP contribution in [0.4, 0.5) is 0 Å². The van der Waals surface area contributed by atoms with Crippen LogP contribution in [0.5, 0.6) is 0 Å². The van der Waals surface area contributed by atoms with E-state index in [4.69, 9.17) is 16.3 Å². The predicted octanol–water partition coefficient (Wildman–Crippen LogP) is 3.81. The lowest BCUT2D eigenvalue weighted by molar-refractivity contribution is -0.129. The number of halogens is 2. The smallest absolute Gasteiger partial charge is 0.339 e. The van der Waals surface area contributed by atoms with Crippen LogP contribution in [-0.2, 0) is 16.1 Å². The molecule has 1 amide bonds. The summed E-state index contributed by atoms with van der Waals surface area (Å²) in [5.41, 5.74) is 1.25. The second kappa shape index (κ2) is 8.31. The van der Waals surface area contributed by atoms with E-state index in [1.807, 2.05) is 24.3 Å². The first-order valence-corrected chi connectivity index (χ1v) is 8.41. The molecule has 0 radical (unpaired) electrons. The van der Waals surface area contributed by atoms with Gasteiger partial charge in [-0.1, -0.05) is 41.9 Å². The SMILES string of the molecule is CC(OC(=O)c1ccccc1I)C(=O)NCc1ccccc1Cl. The second-order valence-electron chi connectivity index (χ2n) is 4.84. The maximum absolute atomic E-state index is 12.1. The Bertz CT molecular complexity index is 720. The average molecular weight is 444 g/mol. The van der Waals surface area contributed by atoms with Crippen LogP contribution in [0.3, 0.4) is 0 Å². The van der Waals surface area contributed by atoms with Gasteiger partial charge in [0.05, 0.1) is 5.56 Å². The number of esters is 1. The molecule has 2 aromatic carbocycles. The quantitative estimate of drug-likeness (QED) is 0.565. The summed E-state index contributed by atoms with van der Waals surface area (Å²) in [6, 6.07) is 14.3. The first kappa shape index (κ1) is 17.7. The van der Waals surface area contributed by atoms with Crippen LogP contribution in [0.15, 0.2) is 48.5 Å². The van der Waals surface area contributed by atoms with Crippen molar-refractivity contribution < 1.29 is 14.3 Å². The number of hydrogen-bond donors (Lipinski definition) is 1. The van der Waals surface area contributed by atoms with E-state index in [1.165, 1.54) is 6.92 Å². The summed E-state index contributed by atoms with van der Waals surface area (Å²) < 4.78 is 5.99. The van der Waals surface area contributed by atoms with E-state index >= 15 is 0 Å². The van der Waals surface area contributed by atoms with Crippen molar-refractivity contribution >= 4 is 46.1 Å². The fraction of sp³-hybridized carbons (Fsp3) is 0.176. The molecule has 0 bridgehead atoms. The zero-order valence-electron chi connectivity index (χ0n) is 12.4. The van der Waals surface area contributed by atoms with E-state index in [0.717, 1.165) is 9.13 Å². The highest BCUT2D eigenvalue weighted by atomic mass is 127. The molecule has 2 aromatic rings. The molecule has 0 aliphatic rings.